The molecule has 5 heteroatoms. The van der Waals surface area contributed by atoms with Crippen LogP contribution >= 0.6 is 0 Å². The van der Waals surface area contributed by atoms with Gasteiger partial charge >= 0.3 is 11.9 Å². The average molecular weight is 637 g/mol. The van der Waals surface area contributed by atoms with Crippen LogP contribution in [-0.2, 0) is 19.1 Å². The molecule has 5 nitrogen and oxygen atoms in total. The van der Waals surface area contributed by atoms with Gasteiger partial charge in [0.1, 0.15) is 11.2 Å². The molecule has 0 aliphatic rings. The van der Waals surface area contributed by atoms with E-state index >= 15 is 0 Å². The molecular weight excluding hydrogens is 560 g/mol. The molecule has 3 unspecified atom stereocenters. The Labute approximate surface area is 280 Å². The van der Waals surface area contributed by atoms with Crippen LogP contribution in [0, 0.1) is 10.8 Å². The number of hydrogen-bond acceptors (Lipinski definition) is 5. The third-order valence-corrected chi connectivity index (χ3v) is 10.1. The fraction of sp³-hybridized carbons (Fsp3) is 0.900. The zero-order chi connectivity index (χ0) is 34.8. The molecule has 3 atom stereocenters. The van der Waals surface area contributed by atoms with E-state index in [-0.39, 0.29) is 22.8 Å². The minimum atomic E-state index is -0.677. The van der Waals surface area contributed by atoms with Gasteiger partial charge in [-0.3, -0.25) is 9.59 Å². The molecule has 0 aromatic carbocycles. The fourth-order valence-electron chi connectivity index (χ4n) is 6.22. The van der Waals surface area contributed by atoms with Crippen LogP contribution in [0.25, 0.3) is 0 Å². The number of esters is 2. The highest BCUT2D eigenvalue weighted by Gasteiger charge is 2.36. The number of ether oxygens (including phenoxy) is 2. The smallest absolute Gasteiger partial charge is 0.306 e. The molecule has 0 spiro atoms. The Morgan fingerprint density at radius 3 is 1.60 bits per heavy atom. The normalized spacial score (nSPS) is 16.4. The van der Waals surface area contributed by atoms with E-state index in [1.807, 2.05) is 13.8 Å². The predicted octanol–water partition coefficient (Wildman–Crippen LogP) is 11.8. The first-order valence-corrected chi connectivity index (χ1v) is 18.6. The molecule has 266 valence electrons. The van der Waals surface area contributed by atoms with Crippen LogP contribution in [0.1, 0.15) is 205 Å². The molecule has 0 heterocycles. The van der Waals surface area contributed by atoms with Crippen molar-refractivity contribution in [3.05, 3.63) is 12.2 Å². The largest absolute Gasteiger partial charge is 0.459 e. The molecule has 0 rings (SSSR count). The molecule has 0 amide bonds. The topological polar surface area (TPSA) is 72.8 Å². The zero-order valence-electron chi connectivity index (χ0n) is 31.9. The van der Waals surface area contributed by atoms with Gasteiger partial charge in [0.15, 0.2) is 0 Å². The van der Waals surface area contributed by atoms with Crippen molar-refractivity contribution in [2.24, 2.45) is 10.8 Å². The van der Waals surface area contributed by atoms with Gasteiger partial charge in [-0.1, -0.05) is 100 Å². The lowest BCUT2D eigenvalue weighted by Crippen LogP contribution is -2.37. The molecule has 45 heavy (non-hydrogen) atoms. The molecular formula is C40H76O5. The van der Waals surface area contributed by atoms with Crippen molar-refractivity contribution in [3.63, 3.8) is 0 Å². The zero-order valence-corrected chi connectivity index (χ0v) is 31.9. The summed E-state index contributed by atoms with van der Waals surface area (Å²) < 4.78 is 12.4. The van der Waals surface area contributed by atoms with E-state index in [1.165, 1.54) is 0 Å². The van der Waals surface area contributed by atoms with Crippen molar-refractivity contribution < 1.29 is 24.2 Å². The van der Waals surface area contributed by atoms with Crippen molar-refractivity contribution in [1.29, 1.82) is 0 Å². The maximum atomic E-state index is 13.2. The Hall–Kier alpha value is -1.36. The quantitative estimate of drug-likeness (QED) is 0.0551. The van der Waals surface area contributed by atoms with E-state index in [0.29, 0.717) is 25.7 Å². The number of unbranched alkanes of at least 4 members (excludes halogenated alkanes) is 4. The van der Waals surface area contributed by atoms with Crippen molar-refractivity contribution in [3.8, 4) is 0 Å². The minimum Gasteiger partial charge on any atom is -0.459 e. The number of aliphatic hydroxyl groups is 1. The number of carbonyl (C=O) groups is 2. The average Bonchev–Trinajstić information content (AvgIpc) is 2.94. The predicted molar refractivity (Wildman–Crippen MR) is 191 cm³/mol. The Bertz CT molecular complexity index is 857. The van der Waals surface area contributed by atoms with Crippen LogP contribution in [-0.4, -0.2) is 33.8 Å². The fourth-order valence-corrected chi connectivity index (χ4v) is 6.22. The van der Waals surface area contributed by atoms with Gasteiger partial charge in [-0.2, -0.15) is 0 Å². The van der Waals surface area contributed by atoms with Crippen LogP contribution in [0.15, 0.2) is 12.2 Å². The van der Waals surface area contributed by atoms with E-state index < -0.39 is 16.8 Å². The third-order valence-electron chi connectivity index (χ3n) is 10.1. The first kappa shape index (κ1) is 43.6. The Morgan fingerprint density at radius 2 is 1.07 bits per heavy atom. The third kappa shape index (κ3) is 19.8. The highest BCUT2D eigenvalue weighted by Crippen LogP contribution is 2.40. The van der Waals surface area contributed by atoms with Crippen molar-refractivity contribution in [2.45, 2.75) is 221 Å². The van der Waals surface area contributed by atoms with E-state index in [4.69, 9.17) is 9.47 Å². The summed E-state index contributed by atoms with van der Waals surface area (Å²) in [6.45, 7) is 28.3. The summed E-state index contributed by atoms with van der Waals surface area (Å²) in [5.74, 6) is -0.320. The lowest BCUT2D eigenvalue weighted by atomic mass is 9.74. The summed E-state index contributed by atoms with van der Waals surface area (Å²) in [4.78, 5) is 26.0. The SMILES string of the molecule is C=C(CC(C)(C)CCC)C(C)(CCC(C)(C)CC)OC(=O)CCCCC(C)(CCCC)OC(=O)CCCCC(C)(O)CCCC. The van der Waals surface area contributed by atoms with Crippen molar-refractivity contribution >= 4 is 11.9 Å². The summed E-state index contributed by atoms with van der Waals surface area (Å²) in [5.41, 5.74) is -0.536. The van der Waals surface area contributed by atoms with Crippen LogP contribution in [0.2, 0.25) is 0 Å². The summed E-state index contributed by atoms with van der Waals surface area (Å²) >= 11 is 0. The van der Waals surface area contributed by atoms with Crippen LogP contribution in [0.3, 0.4) is 0 Å². The van der Waals surface area contributed by atoms with Gasteiger partial charge in [0, 0.05) is 12.8 Å². The van der Waals surface area contributed by atoms with Gasteiger partial charge in [-0.25, -0.2) is 0 Å². The van der Waals surface area contributed by atoms with Gasteiger partial charge in [0.2, 0.25) is 0 Å². The first-order valence-electron chi connectivity index (χ1n) is 18.6. The molecule has 0 aromatic heterocycles. The molecule has 0 bridgehead atoms. The molecule has 1 N–H and O–H groups in total. The molecule has 0 aromatic rings. The van der Waals surface area contributed by atoms with E-state index in [0.717, 1.165) is 108 Å². The summed E-state index contributed by atoms with van der Waals surface area (Å²) in [7, 11) is 0. The summed E-state index contributed by atoms with van der Waals surface area (Å²) in [5, 5.41) is 10.5. The molecule has 0 saturated heterocycles. The van der Waals surface area contributed by atoms with Crippen molar-refractivity contribution in [1.82, 2.24) is 0 Å². The van der Waals surface area contributed by atoms with E-state index in [1.54, 1.807) is 0 Å². The molecule has 0 radical (unpaired) electrons. The monoisotopic (exact) mass is 637 g/mol. The van der Waals surface area contributed by atoms with E-state index in [9.17, 15) is 14.7 Å². The number of rotatable bonds is 27. The minimum absolute atomic E-state index is 0.119. The molecule has 0 fully saturated rings. The second-order valence-corrected chi connectivity index (χ2v) is 16.5. The van der Waals surface area contributed by atoms with E-state index in [2.05, 4.69) is 68.9 Å². The van der Waals surface area contributed by atoms with Gasteiger partial charge < -0.3 is 14.6 Å². The van der Waals surface area contributed by atoms with Crippen LogP contribution in [0.4, 0.5) is 0 Å². The summed E-state index contributed by atoms with van der Waals surface area (Å²) in [6, 6.07) is 0. The number of carbonyl (C=O) groups excluding carboxylic acids is 2. The van der Waals surface area contributed by atoms with Gasteiger partial charge in [-0.05, 0) is 114 Å². The van der Waals surface area contributed by atoms with Gasteiger partial charge in [0.25, 0.3) is 0 Å². The van der Waals surface area contributed by atoms with Gasteiger partial charge in [0.05, 0.1) is 5.60 Å². The number of hydrogen-bond donors (Lipinski definition) is 1. The Kier molecular flexibility index (Phi) is 20.2. The van der Waals surface area contributed by atoms with Gasteiger partial charge in [-0.15, -0.1) is 0 Å². The maximum absolute atomic E-state index is 13.2. The first-order chi connectivity index (χ1) is 20.8. The van der Waals surface area contributed by atoms with Crippen molar-refractivity contribution in [2.75, 3.05) is 0 Å². The second-order valence-electron chi connectivity index (χ2n) is 16.5. The Balaban J connectivity index is 5.12. The van der Waals surface area contributed by atoms with Crippen LogP contribution in [0.5, 0.6) is 0 Å². The highest BCUT2D eigenvalue weighted by atomic mass is 16.6. The second kappa shape index (κ2) is 20.8. The summed E-state index contributed by atoms with van der Waals surface area (Å²) in [6.07, 6.45) is 16.9. The lowest BCUT2D eigenvalue weighted by Gasteiger charge is -2.38. The van der Waals surface area contributed by atoms with Crippen LogP contribution < -0.4 is 0 Å². The standard InChI is InChI=1S/C40H76O5/c1-13-17-26-38(10,43)27-21-19-23-34(41)44-39(11,28-18-14-2)29-22-20-24-35(42)45-40(12,31-30-36(6,7)16-4)33(5)32-37(8,9)25-15-3/h43H,5,13-32H2,1-4,6-12H3. The molecule has 0 saturated carbocycles. The highest BCUT2D eigenvalue weighted by molar-refractivity contribution is 5.70. The Morgan fingerprint density at radius 1 is 0.578 bits per heavy atom. The lowest BCUT2D eigenvalue weighted by molar-refractivity contribution is -0.161. The maximum Gasteiger partial charge on any atom is 0.306 e. The molecule has 0 aliphatic carbocycles. The molecule has 0 aliphatic heterocycles.